The van der Waals surface area contributed by atoms with E-state index in [-0.39, 0.29) is 11.3 Å². The second-order valence-electron chi connectivity index (χ2n) is 3.74. The first-order valence-electron chi connectivity index (χ1n) is 5.25. The van der Waals surface area contributed by atoms with Gasteiger partial charge >= 0.3 is 0 Å². The second kappa shape index (κ2) is 4.66. The van der Waals surface area contributed by atoms with Crippen LogP contribution in [0.4, 0.5) is 0 Å². The van der Waals surface area contributed by atoms with Crippen molar-refractivity contribution in [2.75, 3.05) is 0 Å². The Morgan fingerprint density at radius 2 is 1.76 bits per heavy atom. The fourth-order valence-corrected chi connectivity index (χ4v) is 1.64. The molecule has 0 unspecified atom stereocenters. The van der Waals surface area contributed by atoms with Crippen molar-refractivity contribution in [3.8, 4) is 5.75 Å². The Kier molecular flexibility index (Phi) is 3.06. The van der Waals surface area contributed by atoms with Crippen molar-refractivity contribution in [3.05, 3.63) is 71.8 Å². The molecule has 0 radical (unpaired) electrons. The Morgan fingerprint density at radius 3 is 2.35 bits per heavy atom. The predicted molar refractivity (Wildman–Crippen MR) is 68.1 cm³/mol. The number of benzene rings is 2. The van der Waals surface area contributed by atoms with E-state index in [4.69, 9.17) is 0 Å². The molecule has 0 saturated heterocycles. The predicted octanol–water partition coefficient (Wildman–Crippen LogP) is 3.27. The molecule has 2 heteroatoms. The van der Waals surface area contributed by atoms with E-state index in [1.807, 2.05) is 30.3 Å². The van der Waals surface area contributed by atoms with Gasteiger partial charge in [0.15, 0.2) is 6.29 Å². The third-order valence-corrected chi connectivity index (χ3v) is 2.63. The maximum Gasteiger partial charge on any atom is 0.153 e. The molecule has 2 nitrogen and oxygen atoms in total. The minimum atomic E-state index is -0.0189. The summed E-state index contributed by atoms with van der Waals surface area (Å²) in [4.78, 5) is 10.6. The monoisotopic (exact) mass is 224 g/mol. The summed E-state index contributed by atoms with van der Waals surface area (Å²) in [5, 5.41) is 9.61. The molecular weight excluding hydrogens is 212 g/mol. The Balaban J connectivity index is 2.39. The highest BCUT2D eigenvalue weighted by molar-refractivity contribution is 5.83. The van der Waals surface area contributed by atoms with Crippen molar-refractivity contribution < 1.29 is 9.90 Å². The zero-order valence-corrected chi connectivity index (χ0v) is 9.26. The molecule has 2 aromatic rings. The van der Waals surface area contributed by atoms with E-state index in [1.54, 1.807) is 18.2 Å². The second-order valence-corrected chi connectivity index (χ2v) is 3.74. The third-order valence-electron chi connectivity index (χ3n) is 2.63. The lowest BCUT2D eigenvalue weighted by atomic mass is 9.98. The number of aromatic hydroxyl groups is 1. The molecule has 0 fully saturated rings. The summed E-state index contributed by atoms with van der Waals surface area (Å²) in [6.07, 6.45) is 0.629. The van der Waals surface area contributed by atoms with Crippen LogP contribution >= 0.6 is 0 Å². The Labute approximate surface area is 99.8 Å². The zero-order chi connectivity index (χ0) is 12.3. The van der Waals surface area contributed by atoms with Crippen LogP contribution in [0.2, 0.25) is 0 Å². The van der Waals surface area contributed by atoms with Gasteiger partial charge in [0.25, 0.3) is 0 Å². The van der Waals surface area contributed by atoms with Gasteiger partial charge in [0.1, 0.15) is 5.75 Å². The molecule has 0 atom stereocenters. The van der Waals surface area contributed by atoms with Crippen molar-refractivity contribution in [1.82, 2.24) is 0 Å². The lowest BCUT2D eigenvalue weighted by Gasteiger charge is -2.07. The van der Waals surface area contributed by atoms with Crippen LogP contribution in [-0.4, -0.2) is 11.4 Å². The minimum Gasteiger partial charge on any atom is -0.507 e. The lowest BCUT2D eigenvalue weighted by Crippen LogP contribution is -1.88. The summed E-state index contributed by atoms with van der Waals surface area (Å²) in [7, 11) is 0. The highest BCUT2D eigenvalue weighted by Gasteiger charge is 2.05. The molecule has 0 saturated carbocycles. The van der Waals surface area contributed by atoms with E-state index < -0.39 is 0 Å². The van der Waals surface area contributed by atoms with Crippen molar-refractivity contribution in [2.45, 2.75) is 0 Å². The number of rotatable bonds is 3. The normalized spacial score (nSPS) is 9.88. The number of hydrogen-bond acceptors (Lipinski definition) is 2. The molecule has 17 heavy (non-hydrogen) atoms. The molecule has 84 valence electrons. The van der Waals surface area contributed by atoms with Crippen LogP contribution in [-0.2, 0) is 0 Å². The maximum absolute atomic E-state index is 10.6. The van der Waals surface area contributed by atoms with Crippen LogP contribution in [0.5, 0.6) is 5.75 Å². The molecule has 0 spiro atoms. The molecule has 0 aromatic heterocycles. The zero-order valence-electron chi connectivity index (χ0n) is 9.26. The van der Waals surface area contributed by atoms with Gasteiger partial charge in [0, 0.05) is 0 Å². The van der Waals surface area contributed by atoms with Crippen LogP contribution in [0, 0.1) is 0 Å². The van der Waals surface area contributed by atoms with Gasteiger partial charge in [-0.15, -0.1) is 0 Å². The van der Waals surface area contributed by atoms with Gasteiger partial charge in [-0.1, -0.05) is 43.0 Å². The van der Waals surface area contributed by atoms with E-state index in [0.29, 0.717) is 6.29 Å². The van der Waals surface area contributed by atoms with Crippen molar-refractivity contribution in [1.29, 1.82) is 0 Å². The van der Waals surface area contributed by atoms with Crippen LogP contribution in [0.15, 0.2) is 55.1 Å². The van der Waals surface area contributed by atoms with E-state index in [2.05, 4.69) is 6.58 Å². The van der Waals surface area contributed by atoms with Gasteiger partial charge in [-0.05, 0) is 28.8 Å². The van der Waals surface area contributed by atoms with Crippen LogP contribution in [0.25, 0.3) is 5.57 Å². The highest BCUT2D eigenvalue weighted by Crippen LogP contribution is 2.25. The summed E-state index contributed by atoms with van der Waals surface area (Å²) in [6, 6.07) is 14.6. The molecule has 0 heterocycles. The van der Waals surface area contributed by atoms with Crippen molar-refractivity contribution >= 4 is 11.9 Å². The molecule has 2 aromatic carbocycles. The Hall–Kier alpha value is -2.35. The molecule has 0 aliphatic carbocycles. The fourth-order valence-electron chi connectivity index (χ4n) is 1.64. The first-order chi connectivity index (χ1) is 8.22. The third kappa shape index (κ3) is 2.26. The van der Waals surface area contributed by atoms with E-state index in [9.17, 15) is 9.90 Å². The van der Waals surface area contributed by atoms with Gasteiger partial charge in [0.2, 0.25) is 0 Å². The highest BCUT2D eigenvalue weighted by atomic mass is 16.3. The minimum absolute atomic E-state index is 0.0189. The van der Waals surface area contributed by atoms with Gasteiger partial charge in [-0.3, -0.25) is 4.79 Å². The topological polar surface area (TPSA) is 37.3 Å². The standard InChI is InChI=1S/C15H12O2/c1-11(12-5-3-2-4-6-12)13-7-8-14(10-16)15(17)9-13/h2-10,17H,1H2. The number of carbonyl (C=O) groups is 1. The largest absolute Gasteiger partial charge is 0.507 e. The van der Waals surface area contributed by atoms with Gasteiger partial charge in [-0.25, -0.2) is 0 Å². The first-order valence-corrected chi connectivity index (χ1v) is 5.25. The fraction of sp³-hybridized carbons (Fsp3) is 0. The average Bonchev–Trinajstić information content (AvgIpc) is 2.39. The number of aldehydes is 1. The summed E-state index contributed by atoms with van der Waals surface area (Å²) < 4.78 is 0. The van der Waals surface area contributed by atoms with Crippen molar-refractivity contribution in [3.63, 3.8) is 0 Å². The van der Waals surface area contributed by atoms with Crippen LogP contribution in [0.1, 0.15) is 21.5 Å². The smallest absolute Gasteiger partial charge is 0.153 e. The van der Waals surface area contributed by atoms with E-state index in [1.165, 1.54) is 0 Å². The number of phenols is 1. The first kappa shape index (κ1) is 11.1. The molecular formula is C15H12O2. The Morgan fingerprint density at radius 1 is 1.06 bits per heavy atom. The average molecular weight is 224 g/mol. The Bertz CT molecular complexity index is 556. The number of carbonyl (C=O) groups excluding carboxylic acids is 1. The van der Waals surface area contributed by atoms with E-state index in [0.717, 1.165) is 16.7 Å². The van der Waals surface area contributed by atoms with Crippen molar-refractivity contribution in [2.24, 2.45) is 0 Å². The molecule has 2 rings (SSSR count). The quantitative estimate of drug-likeness (QED) is 0.812. The van der Waals surface area contributed by atoms with Gasteiger partial charge in [0.05, 0.1) is 5.56 Å². The van der Waals surface area contributed by atoms with Crippen LogP contribution in [0.3, 0.4) is 0 Å². The summed E-state index contributed by atoms with van der Waals surface area (Å²) in [6.45, 7) is 3.99. The van der Waals surface area contributed by atoms with Crippen LogP contribution < -0.4 is 0 Å². The summed E-state index contributed by atoms with van der Waals surface area (Å²) >= 11 is 0. The lowest BCUT2D eigenvalue weighted by molar-refractivity contribution is 0.112. The molecule has 0 aliphatic heterocycles. The maximum atomic E-state index is 10.6. The molecule has 0 amide bonds. The SMILES string of the molecule is C=C(c1ccccc1)c1ccc(C=O)c(O)c1. The molecule has 0 bridgehead atoms. The molecule has 0 aliphatic rings. The summed E-state index contributed by atoms with van der Waals surface area (Å²) in [5.74, 6) is -0.0189. The summed E-state index contributed by atoms with van der Waals surface area (Å²) in [5.41, 5.74) is 2.90. The van der Waals surface area contributed by atoms with E-state index >= 15 is 0 Å². The van der Waals surface area contributed by atoms with Gasteiger partial charge in [-0.2, -0.15) is 0 Å². The number of phenolic OH excluding ortho intramolecular Hbond substituents is 1. The molecule has 1 N–H and O–H groups in total. The number of hydrogen-bond donors (Lipinski definition) is 1. The van der Waals surface area contributed by atoms with Gasteiger partial charge < -0.3 is 5.11 Å².